The Hall–Kier alpha value is -4.38. The normalized spacial score (nSPS) is 13.5. The predicted octanol–water partition coefficient (Wildman–Crippen LogP) is 4.89. The lowest BCUT2D eigenvalue weighted by molar-refractivity contribution is 0.262. The fraction of sp³-hybridized carbons (Fsp3) is 0.160. The molecule has 0 bridgehead atoms. The monoisotopic (exact) mass is 494 g/mol. The number of nitrogens with one attached hydrogen (secondary N) is 3. The van der Waals surface area contributed by atoms with Gasteiger partial charge in [0.25, 0.3) is 0 Å². The summed E-state index contributed by atoms with van der Waals surface area (Å²) in [5.74, 6) is -2.52. The number of carbonyl (C=O) groups is 1. The number of urea groups is 1. The number of halogens is 3. The number of fused-ring (bicyclic) bond motifs is 1. The summed E-state index contributed by atoms with van der Waals surface area (Å²) < 4.78 is 48.2. The molecule has 0 saturated carbocycles. The van der Waals surface area contributed by atoms with E-state index >= 15 is 0 Å². The quantitative estimate of drug-likeness (QED) is 0.366. The van der Waals surface area contributed by atoms with Gasteiger partial charge in [0, 0.05) is 37.9 Å². The Morgan fingerprint density at radius 3 is 2.58 bits per heavy atom. The van der Waals surface area contributed by atoms with E-state index in [9.17, 15) is 18.0 Å². The molecule has 36 heavy (non-hydrogen) atoms. The maximum atomic E-state index is 14.7. The highest BCUT2D eigenvalue weighted by molar-refractivity contribution is 5.99. The summed E-state index contributed by atoms with van der Waals surface area (Å²) in [7, 11) is 0. The predicted molar refractivity (Wildman–Crippen MR) is 130 cm³/mol. The zero-order chi connectivity index (χ0) is 25.1. The highest BCUT2D eigenvalue weighted by atomic mass is 19.2. The van der Waals surface area contributed by atoms with Gasteiger partial charge >= 0.3 is 6.03 Å². The van der Waals surface area contributed by atoms with Crippen LogP contribution in [0.15, 0.2) is 60.8 Å². The van der Waals surface area contributed by atoms with Gasteiger partial charge in [-0.1, -0.05) is 6.07 Å². The van der Waals surface area contributed by atoms with Gasteiger partial charge in [-0.25, -0.2) is 18.6 Å². The first-order chi connectivity index (χ1) is 17.5. The molecule has 5 rings (SSSR count). The smallest absolute Gasteiger partial charge is 0.323 e. The summed E-state index contributed by atoms with van der Waals surface area (Å²) >= 11 is 0. The van der Waals surface area contributed by atoms with Crippen LogP contribution in [-0.4, -0.2) is 42.2 Å². The summed E-state index contributed by atoms with van der Waals surface area (Å²) in [6.45, 7) is 3.32. The molecule has 0 unspecified atom stereocenters. The topological polar surface area (TPSA) is 91.4 Å². The van der Waals surface area contributed by atoms with Crippen molar-refractivity contribution in [1.29, 1.82) is 0 Å². The molecule has 1 fully saturated rings. The number of benzene rings is 3. The van der Waals surface area contributed by atoms with Crippen LogP contribution in [0.25, 0.3) is 11.0 Å². The minimum atomic E-state index is -1.30. The van der Waals surface area contributed by atoms with Crippen LogP contribution < -0.4 is 25.6 Å². The molecule has 0 atom stereocenters. The zero-order valence-electron chi connectivity index (χ0n) is 18.9. The second kappa shape index (κ2) is 10.1. The fourth-order valence-corrected chi connectivity index (χ4v) is 3.78. The highest BCUT2D eigenvalue weighted by Crippen LogP contribution is 2.31. The maximum Gasteiger partial charge on any atom is 0.323 e. The van der Waals surface area contributed by atoms with Crippen LogP contribution in [0.1, 0.15) is 0 Å². The van der Waals surface area contributed by atoms with Crippen LogP contribution in [0, 0.1) is 17.5 Å². The number of hydrogen-bond donors (Lipinski definition) is 3. The molecule has 4 aromatic rings. The number of anilines is 3. The third kappa shape index (κ3) is 5.15. The summed E-state index contributed by atoms with van der Waals surface area (Å²) in [6.07, 6.45) is 1.71. The molecule has 0 aliphatic carbocycles. The number of ether oxygens (including phenoxy) is 1. The Morgan fingerprint density at radius 1 is 0.944 bits per heavy atom. The highest BCUT2D eigenvalue weighted by Gasteiger charge is 2.18. The van der Waals surface area contributed by atoms with Crippen molar-refractivity contribution in [2.75, 3.05) is 41.7 Å². The fourth-order valence-electron chi connectivity index (χ4n) is 3.78. The average Bonchev–Trinajstić information content (AvgIpc) is 2.88. The van der Waals surface area contributed by atoms with Crippen LogP contribution in [0.2, 0.25) is 0 Å². The molecule has 1 aliphatic heterocycles. The summed E-state index contributed by atoms with van der Waals surface area (Å²) in [6, 6.07) is 11.5. The van der Waals surface area contributed by atoms with E-state index < -0.39 is 29.2 Å². The first kappa shape index (κ1) is 23.4. The third-order valence-electron chi connectivity index (χ3n) is 5.55. The Labute approximate surface area is 204 Å². The second-order valence-corrected chi connectivity index (χ2v) is 8.05. The lowest BCUT2D eigenvalue weighted by atomic mass is 10.2. The van der Waals surface area contributed by atoms with Crippen molar-refractivity contribution in [2.24, 2.45) is 0 Å². The van der Waals surface area contributed by atoms with E-state index in [2.05, 4.69) is 30.8 Å². The van der Waals surface area contributed by atoms with Gasteiger partial charge in [-0.05, 0) is 42.5 Å². The van der Waals surface area contributed by atoms with Gasteiger partial charge in [0.15, 0.2) is 11.6 Å². The van der Waals surface area contributed by atoms with Crippen molar-refractivity contribution in [3.05, 3.63) is 78.2 Å². The van der Waals surface area contributed by atoms with Crippen LogP contribution >= 0.6 is 0 Å². The standard InChI is InChI=1S/C25H21F3N6O2/c26-15-2-1-3-16(12-15)31-25(35)33-19-6-7-21(24(28)23(19)27)36-17-4-5-18-20(13-17)32-22(14-30-18)34-10-8-29-9-11-34/h1-7,12-14,29H,8-11H2,(H2,31,33,35). The van der Waals surface area contributed by atoms with Crippen molar-refractivity contribution in [3.63, 3.8) is 0 Å². The molecule has 1 saturated heterocycles. The van der Waals surface area contributed by atoms with Gasteiger partial charge in [0.1, 0.15) is 17.4 Å². The average molecular weight is 494 g/mol. The lowest BCUT2D eigenvalue weighted by Gasteiger charge is -2.28. The first-order valence-corrected chi connectivity index (χ1v) is 11.2. The van der Waals surface area contributed by atoms with Crippen LogP contribution in [0.4, 0.5) is 35.2 Å². The third-order valence-corrected chi connectivity index (χ3v) is 5.55. The van der Waals surface area contributed by atoms with Crippen LogP contribution in [0.5, 0.6) is 11.5 Å². The van der Waals surface area contributed by atoms with E-state index in [-0.39, 0.29) is 17.2 Å². The Kier molecular flexibility index (Phi) is 6.54. The molecule has 1 aromatic heterocycles. The summed E-state index contributed by atoms with van der Waals surface area (Å²) in [5.41, 5.74) is 0.945. The molecular weight excluding hydrogens is 473 g/mol. The number of aromatic nitrogens is 2. The van der Waals surface area contributed by atoms with Crippen LogP contribution in [-0.2, 0) is 0 Å². The maximum absolute atomic E-state index is 14.7. The van der Waals surface area contributed by atoms with E-state index in [0.717, 1.165) is 38.1 Å². The minimum Gasteiger partial charge on any atom is -0.454 e. The number of piperazine rings is 1. The van der Waals surface area contributed by atoms with E-state index in [4.69, 9.17) is 4.74 Å². The van der Waals surface area contributed by atoms with E-state index in [0.29, 0.717) is 11.0 Å². The summed E-state index contributed by atoms with van der Waals surface area (Å²) in [5, 5.41) is 7.83. The Balaban J connectivity index is 1.31. The van der Waals surface area contributed by atoms with E-state index in [1.165, 1.54) is 30.3 Å². The SMILES string of the molecule is O=C(Nc1cccc(F)c1)Nc1ccc(Oc2ccc3ncc(N4CCNCC4)nc3c2)c(F)c1F. The first-order valence-electron chi connectivity index (χ1n) is 11.2. The molecule has 2 amide bonds. The number of rotatable bonds is 5. The molecule has 3 aromatic carbocycles. The van der Waals surface area contributed by atoms with Gasteiger partial charge in [-0.2, -0.15) is 4.39 Å². The van der Waals surface area contributed by atoms with Gasteiger partial charge in [0.2, 0.25) is 5.82 Å². The van der Waals surface area contributed by atoms with Crippen molar-refractivity contribution in [1.82, 2.24) is 15.3 Å². The minimum absolute atomic E-state index is 0.160. The van der Waals surface area contributed by atoms with Gasteiger partial charge < -0.3 is 25.6 Å². The molecule has 0 radical (unpaired) electrons. The Morgan fingerprint density at radius 2 is 1.78 bits per heavy atom. The van der Waals surface area contributed by atoms with Crippen molar-refractivity contribution in [3.8, 4) is 11.5 Å². The molecular formula is C25H21F3N6O2. The summed E-state index contributed by atoms with van der Waals surface area (Å²) in [4.78, 5) is 23.3. The molecule has 184 valence electrons. The van der Waals surface area contributed by atoms with Gasteiger partial charge in [-0.15, -0.1) is 0 Å². The molecule has 3 N–H and O–H groups in total. The molecule has 1 aliphatic rings. The van der Waals surface area contributed by atoms with Crippen molar-refractivity contribution >= 4 is 34.3 Å². The lowest BCUT2D eigenvalue weighted by Crippen LogP contribution is -2.43. The van der Waals surface area contributed by atoms with Crippen molar-refractivity contribution in [2.45, 2.75) is 0 Å². The molecule has 11 heteroatoms. The van der Waals surface area contributed by atoms with Gasteiger partial charge in [0.05, 0.1) is 22.9 Å². The van der Waals surface area contributed by atoms with Crippen LogP contribution in [0.3, 0.4) is 0 Å². The van der Waals surface area contributed by atoms with Gasteiger partial charge in [-0.3, -0.25) is 4.98 Å². The van der Waals surface area contributed by atoms with E-state index in [1.54, 1.807) is 24.4 Å². The Bertz CT molecular complexity index is 1430. The number of carbonyl (C=O) groups excluding carboxylic acids is 1. The number of hydrogen-bond acceptors (Lipinski definition) is 6. The molecule has 0 spiro atoms. The molecule has 8 nitrogen and oxygen atoms in total. The zero-order valence-corrected chi connectivity index (χ0v) is 18.9. The largest absolute Gasteiger partial charge is 0.454 e. The second-order valence-electron chi connectivity index (χ2n) is 8.05. The number of nitrogens with zero attached hydrogens (tertiary/aromatic N) is 3. The van der Waals surface area contributed by atoms with E-state index in [1.807, 2.05) is 0 Å². The molecule has 2 heterocycles. The number of amides is 2. The van der Waals surface area contributed by atoms with Crippen molar-refractivity contribution < 1.29 is 22.7 Å².